The van der Waals surface area contributed by atoms with Crippen LogP contribution in [0.25, 0.3) is 0 Å². The van der Waals surface area contributed by atoms with Gasteiger partial charge in [-0.05, 0) is 111 Å². The van der Waals surface area contributed by atoms with Crippen LogP contribution in [0.3, 0.4) is 0 Å². The van der Waals surface area contributed by atoms with Crippen molar-refractivity contribution in [2.75, 3.05) is 13.1 Å². The van der Waals surface area contributed by atoms with Crippen LogP contribution < -0.4 is 16.8 Å². The van der Waals surface area contributed by atoms with E-state index in [-0.39, 0.29) is 36.4 Å². The van der Waals surface area contributed by atoms with Crippen LogP contribution in [0.1, 0.15) is 131 Å². The third-order valence-electron chi connectivity index (χ3n) is 13.0. The number of amides is 1. The summed E-state index contributed by atoms with van der Waals surface area (Å²) in [6, 6.07) is -0.545. The number of nitrogens with two attached hydrogens (primary N) is 2. The van der Waals surface area contributed by atoms with Gasteiger partial charge in [-0.2, -0.15) is 26.3 Å². The van der Waals surface area contributed by atoms with Gasteiger partial charge in [0.05, 0.1) is 12.5 Å². The maximum atomic E-state index is 12.6. The number of rotatable bonds is 14. The molecule has 56 heavy (non-hydrogen) atoms. The molecular weight excluding hydrogens is 748 g/mol. The summed E-state index contributed by atoms with van der Waals surface area (Å²) in [5.74, 6) is -0.936. The number of allylic oxidation sites excluding steroid dienone is 1. The van der Waals surface area contributed by atoms with Crippen molar-refractivity contribution in [1.29, 1.82) is 0 Å². The first kappa shape index (κ1) is 49.3. The maximum absolute atomic E-state index is 12.6. The average molecular weight is 814 g/mol. The molecular formula is C40H65F6N3O7. The Morgan fingerprint density at radius 2 is 1.48 bits per heavy atom. The van der Waals surface area contributed by atoms with Crippen molar-refractivity contribution in [3.8, 4) is 0 Å². The monoisotopic (exact) mass is 813 g/mol. The predicted octanol–water partition coefficient (Wildman–Crippen LogP) is 8.17. The number of hydrogen-bond acceptors (Lipinski definition) is 7. The molecule has 4 aliphatic carbocycles. The zero-order valence-electron chi connectivity index (χ0n) is 33.6. The topological polar surface area (TPSA) is 182 Å². The van der Waals surface area contributed by atoms with Crippen molar-refractivity contribution in [3.63, 3.8) is 0 Å². The van der Waals surface area contributed by atoms with Gasteiger partial charge in [-0.3, -0.25) is 9.59 Å². The number of carboxylic acid groups (broad SMARTS) is 2. The SMILES string of the molecule is CC(C)CCC[C@@H](C)[C@H]1CCC2C3CC=C4CC(OC(=O)CCNC(=O)C(N)CCCCN)CC[C@]4(C)C3CC[C@@]21C.O=C(O)C(F)(F)F.O=C(O)C(F)(F)F. The van der Waals surface area contributed by atoms with E-state index in [9.17, 15) is 35.9 Å². The molecule has 16 heteroatoms. The van der Waals surface area contributed by atoms with Crippen LogP contribution in [0, 0.1) is 46.3 Å². The first-order valence-corrected chi connectivity index (χ1v) is 20.1. The molecule has 0 aromatic carbocycles. The van der Waals surface area contributed by atoms with Gasteiger partial charge >= 0.3 is 30.3 Å². The van der Waals surface area contributed by atoms with Gasteiger partial charge in [0.2, 0.25) is 5.91 Å². The number of unbranched alkanes of at least 4 members (excludes halogenated alkanes) is 1. The normalized spacial score (nSPS) is 29.4. The number of alkyl halides is 6. The Morgan fingerprint density at radius 1 is 0.875 bits per heavy atom. The van der Waals surface area contributed by atoms with Gasteiger partial charge in [0.1, 0.15) is 6.10 Å². The molecule has 0 aromatic rings. The number of hydrogen-bond donors (Lipinski definition) is 5. The van der Waals surface area contributed by atoms with E-state index in [0.717, 1.165) is 67.6 Å². The second kappa shape index (κ2) is 21.2. The number of esters is 1. The first-order valence-electron chi connectivity index (χ1n) is 20.1. The summed E-state index contributed by atoms with van der Waals surface area (Å²) in [5.41, 5.74) is 13.8. The first-order chi connectivity index (χ1) is 25.9. The lowest BCUT2D eigenvalue weighted by atomic mass is 9.47. The molecule has 324 valence electrons. The number of ether oxygens (including phenoxy) is 1. The fourth-order valence-electron chi connectivity index (χ4n) is 10.1. The Bertz CT molecular complexity index is 1320. The lowest BCUT2D eigenvalue weighted by Crippen LogP contribution is -2.51. The summed E-state index contributed by atoms with van der Waals surface area (Å²) in [4.78, 5) is 42.6. The summed E-state index contributed by atoms with van der Waals surface area (Å²) in [7, 11) is 0. The molecule has 0 saturated heterocycles. The van der Waals surface area contributed by atoms with E-state index in [2.05, 4.69) is 46.0 Å². The van der Waals surface area contributed by atoms with E-state index in [1.807, 2.05) is 0 Å². The highest BCUT2D eigenvalue weighted by Gasteiger charge is 2.59. The molecule has 4 aliphatic rings. The predicted molar refractivity (Wildman–Crippen MR) is 199 cm³/mol. The lowest BCUT2D eigenvalue weighted by molar-refractivity contribution is -0.193. The zero-order chi connectivity index (χ0) is 42.6. The van der Waals surface area contributed by atoms with Crippen molar-refractivity contribution in [2.24, 2.45) is 57.8 Å². The highest BCUT2D eigenvalue weighted by molar-refractivity contribution is 5.82. The van der Waals surface area contributed by atoms with Crippen molar-refractivity contribution in [2.45, 2.75) is 155 Å². The fraction of sp³-hybridized carbons (Fsp3) is 0.850. The van der Waals surface area contributed by atoms with E-state index in [1.165, 1.54) is 51.4 Å². The van der Waals surface area contributed by atoms with Gasteiger partial charge < -0.3 is 31.7 Å². The number of halogens is 6. The van der Waals surface area contributed by atoms with Crippen molar-refractivity contribution < 1.29 is 60.5 Å². The third kappa shape index (κ3) is 13.9. The standard InChI is InChI=1S/C36H63N3O3.2C2HF3O2/c1-24(2)9-8-10-25(3)29-14-15-30-28-13-12-26-23-27(16-19-35(26,4)31(28)17-20-36(29,30)5)42-33(40)18-22-39-34(41)32(38)11-6-7-21-37;2*3-2(4,5)1(6)7/h12,24-25,27-32H,6-11,13-23,37-38H2,1-5H3,(H,39,41);2*(H,6,7)/t25-,27?,28?,29-,30?,31?,32?,35+,36-;;/m1../s1. The summed E-state index contributed by atoms with van der Waals surface area (Å²) in [5, 5.41) is 17.0. The molecule has 4 rings (SSSR count). The quantitative estimate of drug-likeness (QED) is 0.0500. The molecule has 5 unspecified atom stereocenters. The average Bonchev–Trinajstić information content (AvgIpc) is 3.45. The fourth-order valence-corrected chi connectivity index (χ4v) is 10.1. The molecule has 3 saturated carbocycles. The highest BCUT2D eigenvalue weighted by Crippen LogP contribution is 2.67. The molecule has 3 fully saturated rings. The van der Waals surface area contributed by atoms with Crippen LogP contribution in [-0.2, 0) is 23.9 Å². The van der Waals surface area contributed by atoms with Gasteiger partial charge in [-0.25, -0.2) is 9.59 Å². The third-order valence-corrected chi connectivity index (χ3v) is 13.0. The highest BCUT2D eigenvalue weighted by atomic mass is 19.4. The number of carboxylic acids is 2. The lowest BCUT2D eigenvalue weighted by Gasteiger charge is -2.58. The van der Waals surface area contributed by atoms with Gasteiger partial charge in [0, 0.05) is 13.0 Å². The Morgan fingerprint density at radius 3 is 2.04 bits per heavy atom. The molecule has 9 atom stereocenters. The van der Waals surface area contributed by atoms with Gasteiger partial charge in [0.25, 0.3) is 0 Å². The van der Waals surface area contributed by atoms with Crippen LogP contribution in [0.5, 0.6) is 0 Å². The molecule has 0 spiro atoms. The second-order valence-corrected chi connectivity index (χ2v) is 17.2. The largest absolute Gasteiger partial charge is 0.490 e. The van der Waals surface area contributed by atoms with Gasteiger partial charge in [0.15, 0.2) is 0 Å². The smallest absolute Gasteiger partial charge is 0.475 e. The van der Waals surface area contributed by atoms with Crippen molar-refractivity contribution >= 4 is 23.8 Å². The minimum absolute atomic E-state index is 0.0426. The second-order valence-electron chi connectivity index (χ2n) is 17.2. The Labute approximate surface area is 327 Å². The minimum atomic E-state index is -5.08. The van der Waals surface area contributed by atoms with E-state index in [0.29, 0.717) is 18.4 Å². The molecule has 0 heterocycles. The summed E-state index contributed by atoms with van der Waals surface area (Å²) in [6.45, 7) is 13.3. The van der Waals surface area contributed by atoms with Crippen molar-refractivity contribution in [3.05, 3.63) is 11.6 Å². The molecule has 0 aromatic heterocycles. The van der Waals surface area contributed by atoms with E-state index in [1.54, 1.807) is 5.57 Å². The van der Waals surface area contributed by atoms with Crippen LogP contribution in [-0.4, -0.2) is 71.6 Å². The minimum Gasteiger partial charge on any atom is -0.475 e. The van der Waals surface area contributed by atoms with Crippen LogP contribution in [0.15, 0.2) is 11.6 Å². The van der Waals surface area contributed by atoms with Gasteiger partial charge in [-0.1, -0.05) is 72.0 Å². The van der Waals surface area contributed by atoms with E-state index < -0.39 is 30.3 Å². The number of carbonyl (C=O) groups is 4. The van der Waals surface area contributed by atoms with E-state index in [4.69, 9.17) is 36.0 Å². The Hall–Kier alpha value is -2.88. The molecule has 7 N–H and O–H groups in total. The maximum Gasteiger partial charge on any atom is 0.490 e. The van der Waals surface area contributed by atoms with Crippen LogP contribution in [0.2, 0.25) is 0 Å². The molecule has 10 nitrogen and oxygen atoms in total. The van der Waals surface area contributed by atoms with Gasteiger partial charge in [-0.15, -0.1) is 0 Å². The van der Waals surface area contributed by atoms with Crippen molar-refractivity contribution in [1.82, 2.24) is 5.32 Å². The van der Waals surface area contributed by atoms with E-state index >= 15 is 0 Å². The molecule has 1 amide bonds. The number of carbonyl (C=O) groups excluding carboxylic acids is 2. The number of nitrogens with one attached hydrogen (secondary N) is 1. The summed E-state index contributed by atoms with van der Waals surface area (Å²) in [6.07, 6.45) is 8.77. The number of fused-ring (bicyclic) bond motifs is 5. The zero-order valence-corrected chi connectivity index (χ0v) is 33.6. The molecule has 0 radical (unpaired) electrons. The van der Waals surface area contributed by atoms with Crippen LogP contribution >= 0.6 is 0 Å². The molecule has 0 aliphatic heterocycles. The molecule has 0 bridgehead atoms. The summed E-state index contributed by atoms with van der Waals surface area (Å²) >= 11 is 0. The summed E-state index contributed by atoms with van der Waals surface area (Å²) < 4.78 is 69.4. The Balaban J connectivity index is 0.000000657. The Kier molecular flexibility index (Phi) is 18.7. The van der Waals surface area contributed by atoms with Crippen LogP contribution in [0.4, 0.5) is 26.3 Å². The number of aliphatic carboxylic acids is 2.